The van der Waals surface area contributed by atoms with Crippen molar-refractivity contribution in [2.75, 3.05) is 31.6 Å². The Morgan fingerprint density at radius 2 is 1.67 bits per heavy atom. The summed E-state index contributed by atoms with van der Waals surface area (Å²) in [7, 11) is -1.45. The smallest absolute Gasteiger partial charge is 0.264 e. The van der Waals surface area contributed by atoms with Crippen LogP contribution < -0.4 is 19.1 Å². The first-order valence-corrected chi connectivity index (χ1v) is 15.4. The monoisotopic (exact) mass is 635 g/mol. The zero-order chi connectivity index (χ0) is 31.0. The number of amides is 2. The van der Waals surface area contributed by atoms with E-state index in [2.05, 4.69) is 5.32 Å². The highest BCUT2D eigenvalue weighted by Gasteiger charge is 2.34. The van der Waals surface area contributed by atoms with E-state index in [9.17, 15) is 18.0 Å². The first-order chi connectivity index (χ1) is 19.9. The molecular formula is C30H35Cl2N3O6S. The number of nitrogens with zero attached hydrogens (tertiary/aromatic N) is 2. The Kier molecular flexibility index (Phi) is 11.5. The van der Waals surface area contributed by atoms with Crippen LogP contribution in [0.2, 0.25) is 10.0 Å². The summed E-state index contributed by atoms with van der Waals surface area (Å²) in [6.07, 6.45) is 0.702. The molecule has 2 amide bonds. The average Bonchev–Trinajstić information content (AvgIpc) is 2.97. The second kappa shape index (κ2) is 14.6. The van der Waals surface area contributed by atoms with Gasteiger partial charge in [-0.3, -0.25) is 13.9 Å². The maximum absolute atomic E-state index is 14.1. The Labute approximate surface area is 257 Å². The molecule has 226 valence electrons. The minimum Gasteiger partial charge on any atom is -0.497 e. The van der Waals surface area contributed by atoms with Crippen molar-refractivity contribution in [1.82, 2.24) is 10.2 Å². The lowest BCUT2D eigenvalue weighted by molar-refractivity contribution is -0.139. The van der Waals surface area contributed by atoms with Crippen molar-refractivity contribution in [2.45, 2.75) is 44.7 Å². The predicted molar refractivity (Wildman–Crippen MR) is 165 cm³/mol. The first-order valence-electron chi connectivity index (χ1n) is 13.3. The van der Waals surface area contributed by atoms with Gasteiger partial charge in [0.2, 0.25) is 11.8 Å². The van der Waals surface area contributed by atoms with Crippen molar-refractivity contribution in [1.29, 1.82) is 0 Å². The molecule has 1 unspecified atom stereocenters. The first kappa shape index (κ1) is 33.0. The van der Waals surface area contributed by atoms with E-state index in [0.717, 1.165) is 9.87 Å². The normalized spacial score (nSPS) is 11.9. The molecular weight excluding hydrogens is 601 g/mol. The standard InChI is InChI=1S/C30H35Cl2N3O6S/c1-6-15-33-30(37)21(3)34(18-22-9-10-23(31)16-26(22)32)29(36)19-35(27-17-24(40-4)11-14-28(27)41-5)42(38,39)25-12-7-20(2)8-13-25/h7-14,16-17,21H,6,15,18-19H2,1-5H3,(H,33,37). The lowest BCUT2D eigenvalue weighted by Crippen LogP contribution is -2.51. The van der Waals surface area contributed by atoms with Crippen LogP contribution in [0.4, 0.5) is 5.69 Å². The van der Waals surface area contributed by atoms with Crippen LogP contribution in [0.3, 0.4) is 0 Å². The van der Waals surface area contributed by atoms with E-state index in [1.165, 1.54) is 43.4 Å². The summed E-state index contributed by atoms with van der Waals surface area (Å²) in [5.41, 5.74) is 1.50. The van der Waals surface area contributed by atoms with Gasteiger partial charge >= 0.3 is 0 Å². The summed E-state index contributed by atoms with van der Waals surface area (Å²) in [4.78, 5) is 28.4. The molecule has 0 saturated carbocycles. The summed E-state index contributed by atoms with van der Waals surface area (Å²) in [6, 6.07) is 14.8. The van der Waals surface area contributed by atoms with Crippen LogP contribution in [-0.2, 0) is 26.2 Å². The largest absolute Gasteiger partial charge is 0.497 e. The number of rotatable bonds is 13. The van der Waals surface area contributed by atoms with Gasteiger partial charge in [-0.2, -0.15) is 0 Å². The van der Waals surface area contributed by atoms with Gasteiger partial charge in [0.1, 0.15) is 24.1 Å². The van der Waals surface area contributed by atoms with E-state index < -0.39 is 28.5 Å². The third-order valence-corrected chi connectivity index (χ3v) is 8.98. The highest BCUT2D eigenvalue weighted by atomic mass is 35.5. The minimum absolute atomic E-state index is 0.0215. The van der Waals surface area contributed by atoms with E-state index in [1.807, 2.05) is 13.8 Å². The Morgan fingerprint density at radius 1 is 0.976 bits per heavy atom. The number of methoxy groups -OCH3 is 2. The zero-order valence-electron chi connectivity index (χ0n) is 24.2. The minimum atomic E-state index is -4.30. The van der Waals surface area contributed by atoms with Gasteiger partial charge in [-0.25, -0.2) is 8.42 Å². The van der Waals surface area contributed by atoms with Gasteiger partial charge in [0, 0.05) is 29.2 Å². The van der Waals surface area contributed by atoms with Crippen LogP contribution in [0, 0.1) is 6.92 Å². The van der Waals surface area contributed by atoms with Crippen LogP contribution in [0.15, 0.2) is 65.6 Å². The number of halogens is 2. The molecule has 0 fully saturated rings. The molecule has 3 aromatic carbocycles. The molecule has 12 heteroatoms. The molecule has 0 radical (unpaired) electrons. The third kappa shape index (κ3) is 7.87. The highest BCUT2D eigenvalue weighted by molar-refractivity contribution is 7.92. The molecule has 0 aliphatic carbocycles. The van der Waals surface area contributed by atoms with E-state index in [4.69, 9.17) is 32.7 Å². The topological polar surface area (TPSA) is 105 Å². The van der Waals surface area contributed by atoms with Gasteiger partial charge in [-0.15, -0.1) is 0 Å². The number of carbonyl (C=O) groups is 2. The lowest BCUT2D eigenvalue weighted by atomic mass is 10.1. The fourth-order valence-electron chi connectivity index (χ4n) is 4.15. The SMILES string of the molecule is CCCNC(=O)C(C)N(Cc1ccc(Cl)cc1Cl)C(=O)CN(c1cc(OC)ccc1OC)S(=O)(=O)c1ccc(C)cc1. The molecule has 0 heterocycles. The quantitative estimate of drug-likeness (QED) is 0.267. The molecule has 0 aliphatic heterocycles. The molecule has 0 saturated heterocycles. The maximum Gasteiger partial charge on any atom is 0.264 e. The molecule has 1 atom stereocenters. The molecule has 42 heavy (non-hydrogen) atoms. The molecule has 0 bridgehead atoms. The van der Waals surface area contributed by atoms with Crippen molar-refractivity contribution < 1.29 is 27.5 Å². The van der Waals surface area contributed by atoms with Crippen molar-refractivity contribution >= 4 is 50.7 Å². The van der Waals surface area contributed by atoms with Gasteiger partial charge in [-0.05, 0) is 62.2 Å². The Hall–Kier alpha value is -3.47. The van der Waals surface area contributed by atoms with E-state index >= 15 is 0 Å². The van der Waals surface area contributed by atoms with Crippen molar-refractivity contribution in [3.63, 3.8) is 0 Å². The van der Waals surface area contributed by atoms with Crippen LogP contribution in [0.1, 0.15) is 31.4 Å². The Morgan fingerprint density at radius 3 is 2.26 bits per heavy atom. The average molecular weight is 637 g/mol. The summed E-state index contributed by atoms with van der Waals surface area (Å²) >= 11 is 12.5. The number of benzene rings is 3. The third-order valence-electron chi connectivity index (χ3n) is 6.61. The van der Waals surface area contributed by atoms with E-state index in [0.29, 0.717) is 34.3 Å². The summed E-state index contributed by atoms with van der Waals surface area (Å²) in [5, 5.41) is 3.52. The van der Waals surface area contributed by atoms with E-state index in [-0.39, 0.29) is 28.8 Å². The molecule has 0 aliphatic rings. The number of ether oxygens (including phenoxy) is 2. The van der Waals surface area contributed by atoms with Gasteiger partial charge in [0.05, 0.1) is 24.8 Å². The number of hydrogen-bond donors (Lipinski definition) is 1. The summed E-state index contributed by atoms with van der Waals surface area (Å²) < 4.78 is 40.0. The number of aryl methyl sites for hydroxylation is 1. The van der Waals surface area contributed by atoms with Crippen molar-refractivity contribution in [2.24, 2.45) is 0 Å². The molecule has 3 aromatic rings. The van der Waals surface area contributed by atoms with Crippen LogP contribution in [0.25, 0.3) is 0 Å². The molecule has 9 nitrogen and oxygen atoms in total. The van der Waals surface area contributed by atoms with Crippen LogP contribution in [-0.4, -0.2) is 58.5 Å². The highest BCUT2D eigenvalue weighted by Crippen LogP contribution is 2.36. The van der Waals surface area contributed by atoms with Gasteiger partial charge in [-0.1, -0.05) is 53.9 Å². The fourth-order valence-corrected chi connectivity index (χ4v) is 6.04. The van der Waals surface area contributed by atoms with Crippen molar-refractivity contribution in [3.05, 3.63) is 81.8 Å². The lowest BCUT2D eigenvalue weighted by Gasteiger charge is -2.32. The second-order valence-electron chi connectivity index (χ2n) is 9.59. The van der Waals surface area contributed by atoms with Gasteiger partial charge in [0.15, 0.2) is 0 Å². The molecule has 0 aromatic heterocycles. The number of anilines is 1. The Bertz CT molecular complexity index is 1520. The Balaban J connectivity index is 2.13. The second-order valence-corrected chi connectivity index (χ2v) is 12.3. The van der Waals surface area contributed by atoms with Gasteiger partial charge in [0.25, 0.3) is 10.0 Å². The molecule has 1 N–H and O–H groups in total. The fraction of sp³-hybridized carbons (Fsp3) is 0.333. The maximum atomic E-state index is 14.1. The van der Waals surface area contributed by atoms with Crippen LogP contribution >= 0.6 is 23.2 Å². The number of hydrogen-bond acceptors (Lipinski definition) is 6. The van der Waals surface area contributed by atoms with Crippen molar-refractivity contribution in [3.8, 4) is 11.5 Å². The van der Waals surface area contributed by atoms with Crippen LogP contribution in [0.5, 0.6) is 11.5 Å². The summed E-state index contributed by atoms with van der Waals surface area (Å²) in [6.45, 7) is 5.04. The van der Waals surface area contributed by atoms with E-state index in [1.54, 1.807) is 43.3 Å². The summed E-state index contributed by atoms with van der Waals surface area (Å²) in [5.74, 6) is -0.456. The zero-order valence-corrected chi connectivity index (χ0v) is 26.5. The number of carbonyl (C=O) groups excluding carboxylic acids is 2. The number of nitrogens with one attached hydrogen (secondary N) is 1. The molecule has 3 rings (SSSR count). The number of sulfonamides is 1. The molecule has 0 spiro atoms. The van der Waals surface area contributed by atoms with Gasteiger partial charge < -0.3 is 19.7 Å². The predicted octanol–water partition coefficient (Wildman–Crippen LogP) is 5.46.